The molecule has 2 unspecified atom stereocenters. The lowest BCUT2D eigenvalue weighted by Crippen LogP contribution is -2.45. The number of rotatable bonds is 75. The fraction of sp³-hybridized carbons (Fsp3) is 0.925. The van der Waals surface area contributed by atoms with Gasteiger partial charge in [-0.05, 0) is 57.8 Å². The maximum absolute atomic E-state index is 12.6. The Morgan fingerprint density at radius 1 is 0.314 bits per heavy atom. The van der Waals surface area contributed by atoms with E-state index in [0.717, 1.165) is 38.5 Å². The molecule has 3 N–H and O–H groups in total. The predicted octanol–water partition coefficient (Wildman–Crippen LogP) is 26.0. The number of amides is 1. The molecule has 0 aliphatic carbocycles. The molecule has 6 nitrogen and oxygen atoms in total. The lowest BCUT2D eigenvalue weighted by atomic mass is 10.0. The zero-order valence-electron chi connectivity index (χ0n) is 58.6. The minimum atomic E-state index is -0.848. The molecule has 0 saturated carbocycles. The van der Waals surface area contributed by atoms with Crippen LogP contribution in [0.5, 0.6) is 0 Å². The summed E-state index contributed by atoms with van der Waals surface area (Å²) in [5.41, 5.74) is 0. The lowest BCUT2D eigenvalue weighted by molar-refractivity contribution is -0.143. The largest absolute Gasteiger partial charge is 0.466 e. The maximum atomic E-state index is 12.6. The van der Waals surface area contributed by atoms with Gasteiger partial charge >= 0.3 is 5.97 Å². The normalized spacial score (nSPS) is 12.6. The van der Waals surface area contributed by atoms with Crippen LogP contribution in [-0.2, 0) is 14.3 Å². The van der Waals surface area contributed by atoms with Gasteiger partial charge in [0.1, 0.15) is 0 Å². The number of unbranched alkanes of at least 4 members (excludes halogenated alkanes) is 62. The van der Waals surface area contributed by atoms with Gasteiger partial charge in [0.15, 0.2) is 0 Å². The molecule has 0 rings (SSSR count). The Morgan fingerprint density at radius 3 is 0.826 bits per heavy atom. The van der Waals surface area contributed by atoms with Crippen LogP contribution in [0.2, 0.25) is 0 Å². The number of esters is 1. The molecule has 2 atom stereocenters. The van der Waals surface area contributed by atoms with E-state index in [-0.39, 0.29) is 18.5 Å². The van der Waals surface area contributed by atoms with E-state index in [2.05, 4.69) is 31.3 Å². The van der Waals surface area contributed by atoms with E-state index in [9.17, 15) is 19.8 Å². The molecular weight excluding hydrogens is 1050 g/mol. The summed E-state index contributed by atoms with van der Waals surface area (Å²) >= 11 is 0. The van der Waals surface area contributed by atoms with Crippen molar-refractivity contribution in [2.24, 2.45) is 0 Å². The highest BCUT2D eigenvalue weighted by Crippen LogP contribution is 2.20. The first-order chi connectivity index (χ1) is 42.5. The van der Waals surface area contributed by atoms with Crippen molar-refractivity contribution in [3.05, 3.63) is 24.3 Å². The quantitative estimate of drug-likeness (QED) is 0.0320. The number of aliphatic hydroxyl groups is 2. The molecule has 86 heavy (non-hydrogen) atoms. The van der Waals surface area contributed by atoms with Gasteiger partial charge in [0.05, 0.1) is 25.4 Å². The van der Waals surface area contributed by atoms with Crippen LogP contribution in [0.3, 0.4) is 0 Å². The van der Waals surface area contributed by atoms with Crippen molar-refractivity contribution in [1.82, 2.24) is 5.32 Å². The molecule has 0 aromatic carbocycles. The van der Waals surface area contributed by atoms with Crippen molar-refractivity contribution in [1.29, 1.82) is 0 Å². The summed E-state index contributed by atoms with van der Waals surface area (Å²) in [7, 11) is 0. The minimum absolute atomic E-state index is 0.0191. The summed E-state index contributed by atoms with van der Waals surface area (Å²) in [6, 6.07) is -0.632. The van der Waals surface area contributed by atoms with Crippen molar-refractivity contribution >= 4 is 11.9 Å². The molecule has 0 aliphatic rings. The zero-order chi connectivity index (χ0) is 62.0. The maximum Gasteiger partial charge on any atom is 0.305 e. The summed E-state index contributed by atoms with van der Waals surface area (Å²) in [6.07, 6.45) is 97.2. The average molecular weight is 1210 g/mol. The fourth-order valence-corrected chi connectivity index (χ4v) is 12.7. The topological polar surface area (TPSA) is 95.9 Å². The highest BCUT2D eigenvalue weighted by Gasteiger charge is 2.18. The molecule has 0 saturated heterocycles. The Hall–Kier alpha value is -1.66. The first-order valence-corrected chi connectivity index (χ1v) is 39.6. The third kappa shape index (κ3) is 71.4. The van der Waals surface area contributed by atoms with Gasteiger partial charge in [-0.25, -0.2) is 0 Å². The minimum Gasteiger partial charge on any atom is -0.466 e. The summed E-state index contributed by atoms with van der Waals surface area (Å²) in [5.74, 6) is -0.0467. The second kappa shape index (κ2) is 75.8. The van der Waals surface area contributed by atoms with Crippen LogP contribution in [0.25, 0.3) is 0 Å². The van der Waals surface area contributed by atoms with E-state index >= 15 is 0 Å². The Morgan fingerprint density at radius 2 is 0.547 bits per heavy atom. The number of hydrogen-bond donors (Lipinski definition) is 3. The molecule has 0 spiro atoms. The van der Waals surface area contributed by atoms with Crippen molar-refractivity contribution in [3.8, 4) is 0 Å². The molecule has 6 heteroatoms. The van der Waals surface area contributed by atoms with Crippen LogP contribution in [-0.4, -0.2) is 47.4 Å². The third-order valence-corrected chi connectivity index (χ3v) is 18.7. The van der Waals surface area contributed by atoms with E-state index < -0.39 is 12.1 Å². The van der Waals surface area contributed by atoms with Crippen molar-refractivity contribution in [2.75, 3.05) is 13.2 Å². The van der Waals surface area contributed by atoms with Gasteiger partial charge < -0.3 is 20.3 Å². The summed E-state index contributed by atoms with van der Waals surface area (Å²) < 4.78 is 5.52. The molecule has 0 aromatic heterocycles. The van der Waals surface area contributed by atoms with E-state index in [1.807, 2.05) is 6.08 Å². The van der Waals surface area contributed by atoms with Crippen LogP contribution < -0.4 is 5.32 Å². The SMILES string of the molecule is CCCCCCCCCCCCCCCCCCCCCCCCC/C=C/C(O)C(CO)NC(=O)CCCCCCCCCCC/C=C\CCCCCCCCCCCCCCOC(=O)CCCCCCCCCCCCCCCCCCCCC. The highest BCUT2D eigenvalue weighted by atomic mass is 16.5. The van der Waals surface area contributed by atoms with E-state index in [0.29, 0.717) is 19.4 Å². The molecule has 1 amide bonds. The summed E-state index contributed by atoms with van der Waals surface area (Å²) in [6.45, 7) is 4.96. The first-order valence-electron chi connectivity index (χ1n) is 39.6. The number of carbonyl (C=O) groups is 2. The molecule has 0 aromatic rings. The molecule has 0 heterocycles. The smallest absolute Gasteiger partial charge is 0.305 e. The third-order valence-electron chi connectivity index (χ3n) is 18.7. The monoisotopic (exact) mass is 1210 g/mol. The second-order valence-electron chi connectivity index (χ2n) is 27.4. The van der Waals surface area contributed by atoms with Gasteiger partial charge in [-0.3, -0.25) is 9.59 Å². The predicted molar refractivity (Wildman–Crippen MR) is 380 cm³/mol. The number of aliphatic hydroxyl groups excluding tert-OH is 2. The Bertz CT molecular complexity index is 1350. The van der Waals surface area contributed by atoms with Crippen molar-refractivity contribution in [3.63, 3.8) is 0 Å². The van der Waals surface area contributed by atoms with Crippen LogP contribution >= 0.6 is 0 Å². The van der Waals surface area contributed by atoms with Crippen molar-refractivity contribution < 1.29 is 24.5 Å². The van der Waals surface area contributed by atoms with E-state index in [4.69, 9.17) is 4.74 Å². The van der Waals surface area contributed by atoms with Crippen LogP contribution in [0, 0.1) is 0 Å². The first kappa shape index (κ1) is 84.3. The molecule has 0 radical (unpaired) electrons. The number of hydrogen-bond acceptors (Lipinski definition) is 5. The van der Waals surface area contributed by atoms with Crippen LogP contribution in [0.4, 0.5) is 0 Å². The van der Waals surface area contributed by atoms with Gasteiger partial charge in [0.2, 0.25) is 5.91 Å². The van der Waals surface area contributed by atoms with Gasteiger partial charge in [0.25, 0.3) is 0 Å². The summed E-state index contributed by atoms with van der Waals surface area (Å²) in [4.78, 5) is 24.7. The van der Waals surface area contributed by atoms with Gasteiger partial charge in [-0.1, -0.05) is 404 Å². The highest BCUT2D eigenvalue weighted by molar-refractivity contribution is 5.76. The average Bonchev–Trinajstić information content (AvgIpc) is 3.54. The molecule has 0 bridgehead atoms. The Balaban J connectivity index is 3.40. The van der Waals surface area contributed by atoms with Gasteiger partial charge in [-0.2, -0.15) is 0 Å². The van der Waals surface area contributed by atoms with Crippen molar-refractivity contribution in [2.45, 2.75) is 463 Å². The molecular formula is C80H155NO5. The van der Waals surface area contributed by atoms with E-state index in [1.165, 1.54) is 385 Å². The number of ether oxygens (including phenoxy) is 1. The molecule has 0 fully saturated rings. The standard InChI is InChI=1S/C80H155NO5/c1-3-5-7-9-11-13-15-17-19-21-23-24-25-27-30-33-37-40-44-48-52-56-60-64-68-72-78(83)77(76-82)81-79(84)73-69-65-61-57-53-49-45-41-38-34-31-28-26-29-32-35-39-43-47-51-55-59-63-67-71-75-86-80(85)74-70-66-62-58-54-50-46-42-36-22-20-18-16-14-12-10-8-6-4-2/h28,31,68,72,77-78,82-83H,3-27,29-30,32-67,69-71,73-76H2,1-2H3,(H,81,84)/b31-28-,72-68+. The van der Waals surface area contributed by atoms with E-state index in [1.54, 1.807) is 6.08 Å². The van der Waals surface area contributed by atoms with Gasteiger partial charge in [-0.15, -0.1) is 0 Å². The second-order valence-corrected chi connectivity index (χ2v) is 27.4. The molecule has 510 valence electrons. The Labute approximate surface area is 539 Å². The van der Waals surface area contributed by atoms with Crippen LogP contribution in [0.1, 0.15) is 450 Å². The van der Waals surface area contributed by atoms with Gasteiger partial charge in [0, 0.05) is 12.8 Å². The van der Waals surface area contributed by atoms with Crippen LogP contribution in [0.15, 0.2) is 24.3 Å². The summed E-state index contributed by atoms with van der Waals surface area (Å²) in [5, 5.41) is 23.3. The Kier molecular flexibility index (Phi) is 74.3. The zero-order valence-corrected chi connectivity index (χ0v) is 58.6. The molecule has 0 aliphatic heterocycles. The number of carbonyl (C=O) groups excluding carboxylic acids is 2. The number of nitrogens with one attached hydrogen (secondary N) is 1. The lowest BCUT2D eigenvalue weighted by Gasteiger charge is -2.20. The fourth-order valence-electron chi connectivity index (χ4n) is 12.7. The number of allylic oxidation sites excluding steroid dienone is 3.